The molecule has 1 heterocycles. The number of pyridine rings is 1. The predicted molar refractivity (Wildman–Crippen MR) is 61.1 cm³/mol. The Morgan fingerprint density at radius 2 is 2.13 bits per heavy atom. The maximum Gasteiger partial charge on any atom is 0.274 e. The molecule has 0 aliphatic carbocycles. The summed E-state index contributed by atoms with van der Waals surface area (Å²) in [6, 6.07) is 1.93. The average Bonchev–Trinajstić information content (AvgIpc) is 2.20. The SMILES string of the molecule is COCCCn1c(C)cc(C)c(N)c1=O. The second-order valence-corrected chi connectivity index (χ2v) is 3.69. The van der Waals surface area contributed by atoms with E-state index < -0.39 is 0 Å². The maximum absolute atomic E-state index is 11.8. The lowest BCUT2D eigenvalue weighted by molar-refractivity contribution is 0.189. The van der Waals surface area contributed by atoms with Crippen LogP contribution < -0.4 is 11.3 Å². The van der Waals surface area contributed by atoms with Crippen LogP contribution in [0.5, 0.6) is 0 Å². The van der Waals surface area contributed by atoms with Gasteiger partial charge in [-0.05, 0) is 31.9 Å². The first-order valence-electron chi connectivity index (χ1n) is 5.03. The molecule has 0 aliphatic rings. The monoisotopic (exact) mass is 210 g/mol. The highest BCUT2D eigenvalue weighted by molar-refractivity contribution is 5.44. The van der Waals surface area contributed by atoms with Gasteiger partial charge in [0.1, 0.15) is 5.69 Å². The molecule has 15 heavy (non-hydrogen) atoms. The van der Waals surface area contributed by atoms with Crippen LogP contribution in [-0.2, 0) is 11.3 Å². The molecular weight excluding hydrogens is 192 g/mol. The molecule has 1 aromatic heterocycles. The minimum atomic E-state index is -0.0939. The van der Waals surface area contributed by atoms with Crippen LogP contribution in [-0.4, -0.2) is 18.3 Å². The number of aromatic nitrogens is 1. The molecule has 0 unspecified atom stereocenters. The number of hydrogen-bond acceptors (Lipinski definition) is 3. The van der Waals surface area contributed by atoms with Crippen LogP contribution in [0.4, 0.5) is 5.69 Å². The molecule has 0 saturated heterocycles. The van der Waals surface area contributed by atoms with Crippen LogP contribution in [0.2, 0.25) is 0 Å². The van der Waals surface area contributed by atoms with Crippen molar-refractivity contribution in [2.24, 2.45) is 0 Å². The molecule has 0 saturated carbocycles. The van der Waals surface area contributed by atoms with Crippen LogP contribution in [0.15, 0.2) is 10.9 Å². The van der Waals surface area contributed by atoms with E-state index in [9.17, 15) is 4.79 Å². The van der Waals surface area contributed by atoms with Crippen molar-refractivity contribution in [2.45, 2.75) is 26.8 Å². The van der Waals surface area contributed by atoms with Crippen molar-refractivity contribution in [3.05, 3.63) is 27.7 Å². The van der Waals surface area contributed by atoms with Gasteiger partial charge in [-0.2, -0.15) is 0 Å². The van der Waals surface area contributed by atoms with Gasteiger partial charge in [0.25, 0.3) is 5.56 Å². The number of nitrogens with zero attached hydrogens (tertiary/aromatic N) is 1. The van der Waals surface area contributed by atoms with E-state index in [1.807, 2.05) is 19.9 Å². The molecule has 0 atom stereocenters. The molecule has 2 N–H and O–H groups in total. The van der Waals surface area contributed by atoms with Crippen LogP contribution in [0.3, 0.4) is 0 Å². The molecule has 0 aromatic carbocycles. The Hall–Kier alpha value is -1.29. The lowest BCUT2D eigenvalue weighted by atomic mass is 10.2. The van der Waals surface area contributed by atoms with E-state index >= 15 is 0 Å². The Bertz CT molecular complexity index is 396. The molecule has 4 heteroatoms. The Kier molecular flexibility index (Phi) is 3.91. The van der Waals surface area contributed by atoms with E-state index in [4.69, 9.17) is 10.5 Å². The average molecular weight is 210 g/mol. The van der Waals surface area contributed by atoms with Crippen molar-refractivity contribution >= 4 is 5.69 Å². The second kappa shape index (κ2) is 4.98. The van der Waals surface area contributed by atoms with Gasteiger partial charge in [-0.15, -0.1) is 0 Å². The smallest absolute Gasteiger partial charge is 0.274 e. The number of nitrogens with two attached hydrogens (primary N) is 1. The molecule has 0 aliphatic heterocycles. The standard InChI is InChI=1S/C11H18N2O2/c1-8-7-9(2)13(5-4-6-15-3)11(14)10(8)12/h7H,4-6,12H2,1-3H3. The molecule has 0 fully saturated rings. The third kappa shape index (κ3) is 2.59. The topological polar surface area (TPSA) is 57.2 Å². The highest BCUT2D eigenvalue weighted by Gasteiger charge is 2.06. The zero-order valence-corrected chi connectivity index (χ0v) is 9.54. The summed E-state index contributed by atoms with van der Waals surface area (Å²) in [5.41, 5.74) is 7.74. The third-order valence-electron chi connectivity index (χ3n) is 2.48. The number of nitrogen functional groups attached to an aromatic ring is 1. The predicted octanol–water partition coefficient (Wildman–Crippen LogP) is 1.08. The molecule has 1 rings (SSSR count). The van der Waals surface area contributed by atoms with Crippen LogP contribution in [0, 0.1) is 13.8 Å². The normalized spacial score (nSPS) is 10.6. The Labute approximate surface area is 89.7 Å². The largest absolute Gasteiger partial charge is 0.394 e. The van der Waals surface area contributed by atoms with Crippen LogP contribution >= 0.6 is 0 Å². The van der Waals surface area contributed by atoms with Gasteiger partial charge < -0.3 is 15.0 Å². The highest BCUT2D eigenvalue weighted by atomic mass is 16.5. The zero-order chi connectivity index (χ0) is 11.4. The van der Waals surface area contributed by atoms with Gasteiger partial charge >= 0.3 is 0 Å². The van der Waals surface area contributed by atoms with Gasteiger partial charge in [0.05, 0.1) is 0 Å². The van der Waals surface area contributed by atoms with E-state index in [1.54, 1.807) is 11.7 Å². The van der Waals surface area contributed by atoms with Crippen molar-refractivity contribution in [1.82, 2.24) is 4.57 Å². The van der Waals surface area contributed by atoms with Gasteiger partial charge in [-0.1, -0.05) is 0 Å². The minimum absolute atomic E-state index is 0.0939. The van der Waals surface area contributed by atoms with E-state index in [-0.39, 0.29) is 5.56 Å². The molecule has 84 valence electrons. The van der Waals surface area contributed by atoms with Gasteiger partial charge in [0, 0.05) is 26.0 Å². The fraction of sp³-hybridized carbons (Fsp3) is 0.545. The fourth-order valence-electron chi connectivity index (χ4n) is 1.59. The summed E-state index contributed by atoms with van der Waals surface area (Å²) < 4.78 is 6.65. The molecule has 0 radical (unpaired) electrons. The van der Waals surface area contributed by atoms with Crippen molar-refractivity contribution in [3.8, 4) is 0 Å². The van der Waals surface area contributed by atoms with Gasteiger partial charge in [-0.25, -0.2) is 0 Å². The molecule has 0 amide bonds. The number of anilines is 1. The second-order valence-electron chi connectivity index (χ2n) is 3.69. The van der Waals surface area contributed by atoms with E-state index in [2.05, 4.69) is 0 Å². The number of hydrogen-bond donors (Lipinski definition) is 1. The summed E-state index contributed by atoms with van der Waals surface area (Å²) in [5, 5.41) is 0. The van der Waals surface area contributed by atoms with Crippen molar-refractivity contribution in [1.29, 1.82) is 0 Å². The molecule has 4 nitrogen and oxygen atoms in total. The van der Waals surface area contributed by atoms with E-state index in [1.165, 1.54) is 0 Å². The maximum atomic E-state index is 11.8. The summed E-state index contributed by atoms with van der Waals surface area (Å²) >= 11 is 0. The van der Waals surface area contributed by atoms with E-state index in [0.29, 0.717) is 18.8 Å². The molecular formula is C11H18N2O2. The number of ether oxygens (including phenoxy) is 1. The van der Waals surface area contributed by atoms with Crippen molar-refractivity contribution in [2.75, 3.05) is 19.5 Å². The quantitative estimate of drug-likeness (QED) is 0.757. The van der Waals surface area contributed by atoms with Gasteiger partial charge in [0.15, 0.2) is 0 Å². The summed E-state index contributed by atoms with van der Waals surface area (Å²) in [5.74, 6) is 0. The summed E-state index contributed by atoms with van der Waals surface area (Å²) in [7, 11) is 1.65. The summed E-state index contributed by atoms with van der Waals surface area (Å²) in [4.78, 5) is 11.8. The van der Waals surface area contributed by atoms with Crippen LogP contribution in [0.1, 0.15) is 17.7 Å². The first-order valence-corrected chi connectivity index (χ1v) is 5.03. The number of methoxy groups -OCH3 is 1. The number of rotatable bonds is 4. The van der Waals surface area contributed by atoms with Crippen molar-refractivity contribution < 1.29 is 4.74 Å². The van der Waals surface area contributed by atoms with Gasteiger partial charge in [-0.3, -0.25) is 4.79 Å². The lowest BCUT2D eigenvalue weighted by Crippen LogP contribution is -2.26. The minimum Gasteiger partial charge on any atom is -0.394 e. The first kappa shape index (κ1) is 11.8. The Morgan fingerprint density at radius 3 is 2.73 bits per heavy atom. The molecule has 0 bridgehead atoms. The van der Waals surface area contributed by atoms with Crippen molar-refractivity contribution in [3.63, 3.8) is 0 Å². The lowest BCUT2D eigenvalue weighted by Gasteiger charge is -2.12. The Balaban J connectivity index is 2.97. The summed E-state index contributed by atoms with van der Waals surface area (Å²) in [6.45, 7) is 5.08. The fourth-order valence-corrected chi connectivity index (χ4v) is 1.59. The number of aryl methyl sites for hydroxylation is 2. The Morgan fingerprint density at radius 1 is 1.47 bits per heavy atom. The molecule has 1 aromatic rings. The van der Waals surface area contributed by atoms with Gasteiger partial charge in [0.2, 0.25) is 0 Å². The zero-order valence-electron chi connectivity index (χ0n) is 9.54. The third-order valence-corrected chi connectivity index (χ3v) is 2.48. The summed E-state index contributed by atoms with van der Waals surface area (Å²) in [6.07, 6.45) is 0.819. The van der Waals surface area contributed by atoms with E-state index in [0.717, 1.165) is 17.7 Å². The molecule has 0 spiro atoms. The highest BCUT2D eigenvalue weighted by Crippen LogP contribution is 2.07. The first-order chi connectivity index (χ1) is 7.07. The van der Waals surface area contributed by atoms with Crippen LogP contribution in [0.25, 0.3) is 0 Å².